The van der Waals surface area contributed by atoms with Crippen molar-refractivity contribution in [1.29, 1.82) is 0 Å². The fourth-order valence-electron chi connectivity index (χ4n) is 3.64. The van der Waals surface area contributed by atoms with Crippen molar-refractivity contribution in [1.82, 2.24) is 4.90 Å². The van der Waals surface area contributed by atoms with Gasteiger partial charge in [0, 0.05) is 25.4 Å². The molecule has 0 aromatic heterocycles. The second-order valence-electron chi connectivity index (χ2n) is 6.38. The SMILES string of the molecule is CC.CC(=O)C[C@@H](CC1CCCC1)C(=O)N1CCCCC1. The van der Waals surface area contributed by atoms with Gasteiger partial charge in [-0.05, 0) is 38.5 Å². The van der Waals surface area contributed by atoms with Gasteiger partial charge in [0.2, 0.25) is 5.91 Å². The first-order valence-electron chi connectivity index (χ1n) is 8.95. The molecule has 0 spiro atoms. The number of likely N-dealkylation sites (tertiary alicyclic amines) is 1. The van der Waals surface area contributed by atoms with E-state index in [-0.39, 0.29) is 17.6 Å². The van der Waals surface area contributed by atoms with Gasteiger partial charge < -0.3 is 9.69 Å². The molecule has 1 amide bonds. The van der Waals surface area contributed by atoms with Gasteiger partial charge in [-0.25, -0.2) is 0 Å². The predicted molar refractivity (Wildman–Crippen MR) is 87.1 cm³/mol. The van der Waals surface area contributed by atoms with E-state index in [0.29, 0.717) is 12.3 Å². The summed E-state index contributed by atoms with van der Waals surface area (Å²) in [5.74, 6) is 1.05. The van der Waals surface area contributed by atoms with E-state index in [2.05, 4.69) is 0 Å². The average molecular weight is 295 g/mol. The summed E-state index contributed by atoms with van der Waals surface area (Å²) < 4.78 is 0. The lowest BCUT2D eigenvalue weighted by Crippen LogP contribution is -2.40. The van der Waals surface area contributed by atoms with Gasteiger partial charge in [0.05, 0.1) is 0 Å². The molecule has 1 atom stereocenters. The molecule has 0 unspecified atom stereocenters. The van der Waals surface area contributed by atoms with Crippen molar-refractivity contribution in [2.75, 3.05) is 13.1 Å². The molecule has 1 saturated heterocycles. The van der Waals surface area contributed by atoms with Crippen LogP contribution < -0.4 is 0 Å². The van der Waals surface area contributed by atoms with Crippen LogP contribution in [0.3, 0.4) is 0 Å². The van der Waals surface area contributed by atoms with Crippen LogP contribution >= 0.6 is 0 Å². The molecule has 0 aromatic rings. The largest absolute Gasteiger partial charge is 0.342 e. The fourth-order valence-corrected chi connectivity index (χ4v) is 3.64. The molecule has 1 aliphatic heterocycles. The van der Waals surface area contributed by atoms with E-state index in [1.54, 1.807) is 6.92 Å². The van der Waals surface area contributed by atoms with Crippen molar-refractivity contribution in [3.05, 3.63) is 0 Å². The molecule has 2 rings (SSSR count). The molecular weight excluding hydrogens is 262 g/mol. The van der Waals surface area contributed by atoms with Crippen LogP contribution in [-0.2, 0) is 9.59 Å². The van der Waals surface area contributed by atoms with E-state index in [1.165, 1.54) is 32.1 Å². The molecule has 0 bridgehead atoms. The normalized spacial score (nSPS) is 20.6. The highest BCUT2D eigenvalue weighted by Gasteiger charge is 2.29. The number of hydrogen-bond acceptors (Lipinski definition) is 2. The minimum Gasteiger partial charge on any atom is -0.342 e. The average Bonchev–Trinajstić information content (AvgIpc) is 3.01. The van der Waals surface area contributed by atoms with Crippen LogP contribution in [0, 0.1) is 11.8 Å². The number of rotatable bonds is 5. The summed E-state index contributed by atoms with van der Waals surface area (Å²) in [5, 5.41) is 0. The zero-order valence-corrected chi connectivity index (χ0v) is 14.2. The third-order valence-corrected chi connectivity index (χ3v) is 4.64. The summed E-state index contributed by atoms with van der Waals surface area (Å²) in [4.78, 5) is 26.0. The Hall–Kier alpha value is -0.860. The van der Waals surface area contributed by atoms with Crippen molar-refractivity contribution >= 4 is 11.7 Å². The van der Waals surface area contributed by atoms with Gasteiger partial charge in [-0.3, -0.25) is 4.79 Å². The van der Waals surface area contributed by atoms with E-state index in [4.69, 9.17) is 0 Å². The standard InChI is InChI=1S/C16H27NO2.C2H6/c1-13(18)11-15(12-14-7-3-4-8-14)16(19)17-9-5-2-6-10-17;1-2/h14-15H,2-12H2,1H3;1-2H3/t15-;/m0./s1. The number of ketones is 1. The number of piperidine rings is 1. The number of amides is 1. The van der Waals surface area contributed by atoms with Gasteiger partial charge in [0.1, 0.15) is 5.78 Å². The second-order valence-corrected chi connectivity index (χ2v) is 6.38. The molecule has 1 aliphatic carbocycles. The lowest BCUT2D eigenvalue weighted by atomic mass is 9.88. The van der Waals surface area contributed by atoms with E-state index >= 15 is 0 Å². The molecule has 21 heavy (non-hydrogen) atoms. The number of carbonyl (C=O) groups is 2. The quantitative estimate of drug-likeness (QED) is 0.762. The lowest BCUT2D eigenvalue weighted by Gasteiger charge is -2.31. The third-order valence-electron chi connectivity index (χ3n) is 4.64. The maximum absolute atomic E-state index is 12.6. The van der Waals surface area contributed by atoms with E-state index in [0.717, 1.165) is 32.4 Å². The number of hydrogen-bond donors (Lipinski definition) is 0. The van der Waals surface area contributed by atoms with Crippen molar-refractivity contribution in [2.24, 2.45) is 11.8 Å². The predicted octanol–water partition coefficient (Wildman–Crippen LogP) is 4.20. The molecule has 1 heterocycles. The fraction of sp³-hybridized carbons (Fsp3) is 0.889. The summed E-state index contributed by atoms with van der Waals surface area (Å²) in [6, 6.07) is 0. The summed E-state index contributed by atoms with van der Waals surface area (Å²) in [6.07, 6.45) is 9.99. The van der Waals surface area contributed by atoms with Crippen molar-refractivity contribution in [3.8, 4) is 0 Å². The molecule has 1 saturated carbocycles. The van der Waals surface area contributed by atoms with E-state index in [9.17, 15) is 9.59 Å². The first-order valence-corrected chi connectivity index (χ1v) is 8.95. The van der Waals surface area contributed by atoms with Crippen molar-refractivity contribution in [2.45, 2.75) is 78.6 Å². The maximum atomic E-state index is 12.6. The van der Waals surface area contributed by atoms with Crippen molar-refractivity contribution < 1.29 is 9.59 Å². The highest BCUT2D eigenvalue weighted by atomic mass is 16.2. The van der Waals surface area contributed by atoms with Crippen LogP contribution in [0.2, 0.25) is 0 Å². The summed E-state index contributed by atoms with van der Waals surface area (Å²) in [7, 11) is 0. The Morgan fingerprint density at radius 2 is 1.57 bits per heavy atom. The maximum Gasteiger partial charge on any atom is 0.226 e. The Morgan fingerprint density at radius 3 is 2.10 bits per heavy atom. The molecule has 0 N–H and O–H groups in total. The summed E-state index contributed by atoms with van der Waals surface area (Å²) in [5.41, 5.74) is 0. The smallest absolute Gasteiger partial charge is 0.226 e. The number of Topliss-reactive ketones (excluding diaryl/α,β-unsaturated/α-hetero) is 1. The van der Waals surface area contributed by atoms with Crippen LogP contribution in [0.15, 0.2) is 0 Å². The zero-order valence-electron chi connectivity index (χ0n) is 14.2. The zero-order chi connectivity index (χ0) is 15.7. The Kier molecular flexibility index (Phi) is 8.63. The topological polar surface area (TPSA) is 37.4 Å². The van der Waals surface area contributed by atoms with Crippen LogP contribution in [0.4, 0.5) is 0 Å². The second kappa shape index (κ2) is 9.97. The first-order chi connectivity index (χ1) is 10.2. The minimum absolute atomic E-state index is 0.0429. The van der Waals surface area contributed by atoms with Gasteiger partial charge in [0.15, 0.2) is 0 Å². The molecular formula is C18H33NO2. The molecule has 3 nitrogen and oxygen atoms in total. The van der Waals surface area contributed by atoms with Gasteiger partial charge >= 0.3 is 0 Å². The monoisotopic (exact) mass is 295 g/mol. The Labute approximate surface area is 130 Å². The van der Waals surface area contributed by atoms with Gasteiger partial charge in [-0.15, -0.1) is 0 Å². The highest BCUT2D eigenvalue weighted by molar-refractivity contribution is 5.85. The Bertz CT molecular complexity index is 315. The van der Waals surface area contributed by atoms with Crippen LogP contribution in [0.25, 0.3) is 0 Å². The summed E-state index contributed by atoms with van der Waals surface area (Å²) >= 11 is 0. The molecule has 122 valence electrons. The Balaban J connectivity index is 0.00000106. The molecule has 2 aliphatic rings. The van der Waals surface area contributed by atoms with Crippen LogP contribution in [0.1, 0.15) is 78.6 Å². The third kappa shape index (κ3) is 6.19. The highest BCUT2D eigenvalue weighted by Crippen LogP contribution is 2.32. The summed E-state index contributed by atoms with van der Waals surface area (Å²) in [6.45, 7) is 7.42. The van der Waals surface area contributed by atoms with Gasteiger partial charge in [0.25, 0.3) is 0 Å². The Morgan fingerprint density at radius 1 is 1.00 bits per heavy atom. The first kappa shape index (κ1) is 18.2. The van der Waals surface area contributed by atoms with Crippen molar-refractivity contribution in [3.63, 3.8) is 0 Å². The lowest BCUT2D eigenvalue weighted by molar-refractivity contribution is -0.139. The minimum atomic E-state index is -0.0429. The van der Waals surface area contributed by atoms with E-state index < -0.39 is 0 Å². The molecule has 2 fully saturated rings. The van der Waals surface area contributed by atoms with Gasteiger partial charge in [-0.2, -0.15) is 0 Å². The van der Waals surface area contributed by atoms with E-state index in [1.807, 2.05) is 18.7 Å². The molecule has 0 radical (unpaired) electrons. The number of nitrogens with zero attached hydrogens (tertiary/aromatic N) is 1. The van der Waals surface area contributed by atoms with Crippen LogP contribution in [-0.4, -0.2) is 29.7 Å². The molecule has 0 aromatic carbocycles. The number of carbonyl (C=O) groups excluding carboxylic acids is 2. The molecule has 3 heteroatoms. The van der Waals surface area contributed by atoms with Gasteiger partial charge in [-0.1, -0.05) is 39.5 Å². The van der Waals surface area contributed by atoms with Crippen LogP contribution in [0.5, 0.6) is 0 Å².